The molecule has 1 heterocycles. The van der Waals surface area contributed by atoms with Gasteiger partial charge >= 0.3 is 0 Å². The van der Waals surface area contributed by atoms with E-state index in [1.807, 2.05) is 11.3 Å². The van der Waals surface area contributed by atoms with Crippen molar-refractivity contribution < 1.29 is 0 Å². The van der Waals surface area contributed by atoms with Crippen LogP contribution in [0.4, 0.5) is 17.1 Å². The molecule has 7 aliphatic carbocycles. The van der Waals surface area contributed by atoms with E-state index in [1.165, 1.54) is 84.8 Å². The lowest BCUT2D eigenvalue weighted by Crippen LogP contribution is -2.55. The Kier molecular flexibility index (Phi) is 5.91. The molecule has 6 aromatic carbocycles. The first-order valence-electron chi connectivity index (χ1n) is 20.1. The van der Waals surface area contributed by atoms with Crippen LogP contribution in [0, 0.1) is 35.5 Å². The van der Waals surface area contributed by atoms with E-state index in [0.717, 1.165) is 48.3 Å². The zero-order valence-corrected chi connectivity index (χ0v) is 30.7. The van der Waals surface area contributed by atoms with E-state index in [1.54, 1.807) is 22.3 Å². The highest BCUT2D eigenvalue weighted by Crippen LogP contribution is 2.78. The molecule has 0 amide bonds. The Morgan fingerprint density at radius 3 is 2.38 bits per heavy atom. The van der Waals surface area contributed by atoms with Gasteiger partial charge in [-0.25, -0.2) is 0 Å². The molecule has 5 saturated carbocycles. The van der Waals surface area contributed by atoms with Crippen LogP contribution in [0.5, 0.6) is 0 Å². The van der Waals surface area contributed by atoms with Gasteiger partial charge in [0.25, 0.3) is 0 Å². The molecular weight excluding hydrogens is 659 g/mol. The van der Waals surface area contributed by atoms with Gasteiger partial charge in [0.1, 0.15) is 0 Å². The van der Waals surface area contributed by atoms with Crippen LogP contribution in [-0.4, -0.2) is 0 Å². The van der Waals surface area contributed by atoms with Crippen LogP contribution in [0.15, 0.2) is 145 Å². The number of nitrogens with zero attached hydrogens (tertiary/aromatic N) is 1. The normalized spacial score (nSPS) is 28.6. The zero-order valence-electron chi connectivity index (χ0n) is 29.8. The highest BCUT2D eigenvalue weighted by Gasteiger charge is 2.71. The molecule has 256 valence electrons. The first-order chi connectivity index (χ1) is 26.2. The quantitative estimate of drug-likeness (QED) is 0.177. The Balaban J connectivity index is 0.995. The third-order valence-electron chi connectivity index (χ3n) is 15.1. The van der Waals surface area contributed by atoms with E-state index in [0.29, 0.717) is 0 Å². The molecular formula is C51H41NS. The van der Waals surface area contributed by atoms with Crippen molar-refractivity contribution in [2.75, 3.05) is 4.90 Å². The Morgan fingerprint density at radius 2 is 1.45 bits per heavy atom. The molecule has 2 heteroatoms. The minimum Gasteiger partial charge on any atom is -0.310 e. The summed E-state index contributed by atoms with van der Waals surface area (Å²) in [7, 11) is 0. The maximum atomic E-state index is 2.62. The number of anilines is 3. The maximum absolute atomic E-state index is 2.62. The predicted molar refractivity (Wildman–Crippen MR) is 223 cm³/mol. The lowest BCUT2D eigenvalue weighted by molar-refractivity contribution is -0.0183. The number of thiophene rings is 1. The van der Waals surface area contributed by atoms with Gasteiger partial charge in [0.2, 0.25) is 0 Å². The molecule has 5 fully saturated rings. The van der Waals surface area contributed by atoms with Crippen molar-refractivity contribution in [2.45, 2.75) is 43.9 Å². The Hall–Kier alpha value is -4.92. The van der Waals surface area contributed by atoms with Crippen LogP contribution < -0.4 is 4.90 Å². The summed E-state index contributed by atoms with van der Waals surface area (Å²) in [6.45, 7) is 0. The largest absolute Gasteiger partial charge is 0.310 e. The first kappa shape index (κ1) is 29.5. The van der Waals surface area contributed by atoms with Gasteiger partial charge < -0.3 is 4.90 Å². The van der Waals surface area contributed by atoms with Gasteiger partial charge in [-0.1, -0.05) is 91.0 Å². The molecule has 0 aliphatic heterocycles. The van der Waals surface area contributed by atoms with E-state index in [2.05, 4.69) is 144 Å². The van der Waals surface area contributed by atoms with Crippen LogP contribution in [0.3, 0.4) is 0 Å². The zero-order chi connectivity index (χ0) is 34.4. The van der Waals surface area contributed by atoms with Crippen LogP contribution in [0.1, 0.15) is 49.7 Å². The van der Waals surface area contributed by atoms with Gasteiger partial charge in [-0.15, -0.1) is 11.3 Å². The first-order valence-corrected chi connectivity index (χ1v) is 20.9. The van der Waals surface area contributed by atoms with Gasteiger partial charge in [-0.3, -0.25) is 0 Å². The van der Waals surface area contributed by atoms with Gasteiger partial charge in [0.15, 0.2) is 0 Å². The summed E-state index contributed by atoms with van der Waals surface area (Å²) < 4.78 is 2.71. The lowest BCUT2D eigenvalue weighted by atomic mass is 9.45. The van der Waals surface area contributed by atoms with Crippen molar-refractivity contribution in [1.82, 2.24) is 0 Å². The minimum absolute atomic E-state index is 0.202. The number of hydrogen-bond acceptors (Lipinski definition) is 2. The molecule has 0 N–H and O–H groups in total. The number of benzene rings is 6. The van der Waals surface area contributed by atoms with E-state index >= 15 is 0 Å². The highest BCUT2D eigenvalue weighted by molar-refractivity contribution is 7.25. The third kappa shape index (κ3) is 3.83. The second-order valence-corrected chi connectivity index (χ2v) is 18.2. The molecule has 7 aliphatic rings. The second kappa shape index (κ2) is 10.6. The fourth-order valence-electron chi connectivity index (χ4n) is 13.5. The fourth-order valence-corrected chi connectivity index (χ4v) is 14.5. The molecule has 0 radical (unpaired) electrons. The molecule has 1 spiro atoms. The van der Waals surface area contributed by atoms with Gasteiger partial charge in [0.05, 0.1) is 5.69 Å². The van der Waals surface area contributed by atoms with Crippen LogP contribution in [0.25, 0.3) is 47.6 Å². The standard InChI is InChI=1S/C51H41NS/c1-2-9-32-26-38(22-18-30(32)8-1)52(37-20-16-31(17-21-37)33-19-23-48-42(27-33)39-10-4-6-15-47(39)53-48)46-14-7-13-44-50(46)40-11-3-5-12-43(40)51(44)36-25-35-24-34-28-45(51)49(35)41(34)29-36/h1-2,4-10,12-23,26-27,34-36,41,45,49H,3,11,24-25,28-29H2. The van der Waals surface area contributed by atoms with Crippen LogP contribution in [0.2, 0.25) is 0 Å². The summed E-state index contributed by atoms with van der Waals surface area (Å²) in [6, 6.07) is 48.6. The number of rotatable bonds is 4. The topological polar surface area (TPSA) is 3.24 Å². The van der Waals surface area contributed by atoms with Crippen molar-refractivity contribution in [3.8, 4) is 11.1 Å². The molecule has 1 aromatic heterocycles. The van der Waals surface area contributed by atoms with E-state index in [4.69, 9.17) is 0 Å². The summed E-state index contributed by atoms with van der Waals surface area (Å²) in [5, 5.41) is 5.28. The average molecular weight is 700 g/mol. The van der Waals surface area contributed by atoms with E-state index in [9.17, 15) is 0 Å². The summed E-state index contributed by atoms with van der Waals surface area (Å²) in [5.74, 6) is 5.53. The highest BCUT2D eigenvalue weighted by atomic mass is 32.1. The molecule has 7 atom stereocenters. The van der Waals surface area contributed by atoms with Crippen molar-refractivity contribution in [2.24, 2.45) is 35.5 Å². The summed E-state index contributed by atoms with van der Waals surface area (Å²) in [5.41, 5.74) is 13.2. The van der Waals surface area contributed by atoms with E-state index < -0.39 is 0 Å². The fraction of sp³-hybridized carbons (Fsp3) is 0.255. The summed E-state index contributed by atoms with van der Waals surface area (Å²) in [6.07, 6.45) is 13.3. The predicted octanol–water partition coefficient (Wildman–Crippen LogP) is 14.0. The SMILES string of the molecule is C1=CC2=C(CC1)c1c(N(c3ccc(-c4ccc5sc6ccccc6c5c4)cc3)c3ccc4ccccc4c3)cccc1C21C2CC3CC4CC1C3C4C2. The molecule has 6 bridgehead atoms. The van der Waals surface area contributed by atoms with Crippen molar-refractivity contribution in [3.05, 3.63) is 156 Å². The van der Waals surface area contributed by atoms with Crippen molar-refractivity contribution in [1.29, 1.82) is 0 Å². The Morgan fingerprint density at radius 1 is 0.623 bits per heavy atom. The molecule has 53 heavy (non-hydrogen) atoms. The van der Waals surface area contributed by atoms with Gasteiger partial charge in [0, 0.05) is 42.5 Å². The third-order valence-corrected chi connectivity index (χ3v) is 16.3. The Bertz CT molecular complexity index is 2740. The second-order valence-electron chi connectivity index (χ2n) is 17.1. The van der Waals surface area contributed by atoms with Crippen LogP contribution in [-0.2, 0) is 5.41 Å². The maximum Gasteiger partial charge on any atom is 0.0539 e. The van der Waals surface area contributed by atoms with Crippen molar-refractivity contribution >= 4 is 64.9 Å². The average Bonchev–Trinajstić information content (AvgIpc) is 3.90. The number of fused-ring (bicyclic) bond motifs is 6. The Labute approximate surface area is 315 Å². The molecule has 7 unspecified atom stereocenters. The van der Waals surface area contributed by atoms with Gasteiger partial charge in [-0.2, -0.15) is 0 Å². The molecule has 14 rings (SSSR count). The monoisotopic (exact) mass is 699 g/mol. The molecule has 1 nitrogen and oxygen atoms in total. The molecule has 0 saturated heterocycles. The number of allylic oxidation sites excluding steroid dienone is 4. The molecule has 7 aromatic rings. The summed E-state index contributed by atoms with van der Waals surface area (Å²) in [4.78, 5) is 2.60. The van der Waals surface area contributed by atoms with Gasteiger partial charge in [-0.05, 0) is 161 Å². The van der Waals surface area contributed by atoms with Crippen molar-refractivity contribution in [3.63, 3.8) is 0 Å². The summed E-state index contributed by atoms with van der Waals surface area (Å²) >= 11 is 1.89. The minimum atomic E-state index is 0.202. The van der Waals surface area contributed by atoms with E-state index in [-0.39, 0.29) is 5.41 Å². The number of hydrogen-bond donors (Lipinski definition) is 0. The lowest BCUT2D eigenvalue weighted by Gasteiger charge is -2.59. The van der Waals surface area contributed by atoms with Crippen LogP contribution >= 0.6 is 11.3 Å². The smallest absolute Gasteiger partial charge is 0.0539 e.